The van der Waals surface area contributed by atoms with E-state index in [0.717, 1.165) is 22.0 Å². The van der Waals surface area contributed by atoms with Crippen LogP contribution in [0.3, 0.4) is 0 Å². The lowest BCUT2D eigenvalue weighted by Crippen LogP contribution is -2.38. The molecule has 2 atom stereocenters. The molecule has 1 aromatic carbocycles. The van der Waals surface area contributed by atoms with Crippen molar-refractivity contribution in [1.29, 1.82) is 0 Å². The molecular weight excluding hydrogens is 476 g/mol. The van der Waals surface area contributed by atoms with Crippen molar-refractivity contribution in [2.24, 2.45) is 7.05 Å². The van der Waals surface area contributed by atoms with Crippen molar-refractivity contribution in [3.8, 4) is 11.8 Å². The number of nitrogens with two attached hydrogens (primary N) is 1. The molecule has 4 aromatic rings. The van der Waals surface area contributed by atoms with Crippen LogP contribution in [0, 0.1) is 11.8 Å². The Morgan fingerprint density at radius 1 is 1.31 bits per heavy atom. The predicted octanol–water partition coefficient (Wildman–Crippen LogP) is 3.55. The number of carbonyl (C=O) groups is 1. The quantitative estimate of drug-likeness (QED) is 0.346. The number of imidazole rings is 1. The number of amides is 1. The lowest BCUT2D eigenvalue weighted by atomic mass is 10.1. The second kappa shape index (κ2) is 8.67. The molecule has 0 radical (unpaired) electrons. The molecule has 178 valence electrons. The third kappa shape index (κ3) is 3.88. The minimum Gasteiger partial charge on any atom is -0.383 e. The molecule has 1 aliphatic rings. The number of aromatic nitrogens is 5. The summed E-state index contributed by atoms with van der Waals surface area (Å²) in [5.41, 5.74) is 9.26. The van der Waals surface area contributed by atoms with Crippen molar-refractivity contribution in [2.45, 2.75) is 24.9 Å². The Hall–Kier alpha value is -3.97. The minimum absolute atomic E-state index is 0.0330. The number of hydrogen-bond donors (Lipinski definition) is 1. The average Bonchev–Trinajstić information content (AvgIpc) is 3.53. The first kappa shape index (κ1) is 22.8. The van der Waals surface area contributed by atoms with Gasteiger partial charge in [0, 0.05) is 25.4 Å². The molecule has 2 N–H and O–H groups in total. The normalized spacial score (nSPS) is 17.8. The molecule has 11 heteroatoms. The SMILES string of the molecule is C=CC(=O)N1C[C@@H](n2nc(C#Cc3cc4ncn(C)c4cc3Cl)c3c(N)nccc32)CC1C(F)F. The van der Waals surface area contributed by atoms with Crippen molar-refractivity contribution >= 4 is 45.3 Å². The van der Waals surface area contributed by atoms with Crippen LogP contribution in [0.25, 0.3) is 21.9 Å². The van der Waals surface area contributed by atoms with Gasteiger partial charge >= 0.3 is 0 Å². The van der Waals surface area contributed by atoms with Crippen LogP contribution in [0.15, 0.2) is 43.4 Å². The first-order chi connectivity index (χ1) is 16.8. The standard InChI is InChI=1S/C24H20ClF2N7O/c1-3-21(35)33-11-14(9-20(33)23(26)27)34-18-6-7-29-24(28)22(18)16(31-34)5-4-13-8-17-19(10-15(13)25)32(2)12-30-17/h3,6-8,10,12,14,20,23H,1,9,11H2,2H3,(H2,28,29)/t14-,20?/m0/s1. The van der Waals surface area contributed by atoms with Crippen molar-refractivity contribution < 1.29 is 13.6 Å². The highest BCUT2D eigenvalue weighted by molar-refractivity contribution is 6.32. The number of nitrogen functional groups attached to an aromatic ring is 1. The van der Waals surface area contributed by atoms with E-state index in [1.54, 1.807) is 29.2 Å². The van der Waals surface area contributed by atoms with E-state index in [0.29, 0.717) is 27.2 Å². The van der Waals surface area contributed by atoms with Gasteiger partial charge in [-0.25, -0.2) is 18.7 Å². The molecule has 1 unspecified atom stereocenters. The summed E-state index contributed by atoms with van der Waals surface area (Å²) in [5, 5.41) is 5.58. The van der Waals surface area contributed by atoms with E-state index in [1.165, 1.54) is 6.20 Å². The highest BCUT2D eigenvalue weighted by Gasteiger charge is 2.41. The number of carbonyl (C=O) groups excluding carboxylic acids is 1. The fraction of sp³-hybridized carbons (Fsp3) is 0.250. The van der Waals surface area contributed by atoms with E-state index in [2.05, 4.69) is 33.5 Å². The molecule has 0 saturated carbocycles. The third-order valence-corrected chi connectivity index (χ3v) is 6.51. The summed E-state index contributed by atoms with van der Waals surface area (Å²) < 4.78 is 30.8. The molecule has 0 spiro atoms. The van der Waals surface area contributed by atoms with E-state index in [-0.39, 0.29) is 18.8 Å². The zero-order valence-corrected chi connectivity index (χ0v) is 19.4. The minimum atomic E-state index is -2.69. The number of halogens is 3. The van der Waals surface area contributed by atoms with Gasteiger partial charge in [-0.2, -0.15) is 5.10 Å². The van der Waals surface area contributed by atoms with Gasteiger partial charge in [-0.15, -0.1) is 0 Å². The molecule has 1 saturated heterocycles. The van der Waals surface area contributed by atoms with Crippen LogP contribution in [-0.2, 0) is 11.8 Å². The fourth-order valence-corrected chi connectivity index (χ4v) is 4.68. The topological polar surface area (TPSA) is 94.9 Å². The Morgan fingerprint density at radius 2 is 2.11 bits per heavy atom. The monoisotopic (exact) mass is 495 g/mol. The Bertz CT molecular complexity index is 1550. The summed E-state index contributed by atoms with van der Waals surface area (Å²) in [7, 11) is 1.87. The number of benzene rings is 1. The molecule has 1 aliphatic heterocycles. The number of fused-ring (bicyclic) bond motifs is 2. The molecule has 8 nitrogen and oxygen atoms in total. The summed E-state index contributed by atoms with van der Waals surface area (Å²) >= 11 is 6.44. The second-order valence-electron chi connectivity index (χ2n) is 8.30. The first-order valence-electron chi connectivity index (χ1n) is 10.7. The summed E-state index contributed by atoms with van der Waals surface area (Å²) in [6, 6.07) is 3.54. The molecule has 5 rings (SSSR count). The first-order valence-corrected chi connectivity index (χ1v) is 11.1. The Kier molecular flexibility index (Phi) is 5.65. The lowest BCUT2D eigenvalue weighted by Gasteiger charge is -2.21. The van der Waals surface area contributed by atoms with E-state index >= 15 is 0 Å². The molecule has 35 heavy (non-hydrogen) atoms. The van der Waals surface area contributed by atoms with Crippen LogP contribution in [0.2, 0.25) is 5.02 Å². The van der Waals surface area contributed by atoms with Crippen LogP contribution in [-0.4, -0.2) is 54.1 Å². The van der Waals surface area contributed by atoms with Crippen molar-refractivity contribution in [3.63, 3.8) is 0 Å². The van der Waals surface area contributed by atoms with E-state index in [1.807, 2.05) is 11.6 Å². The fourth-order valence-electron chi connectivity index (χ4n) is 4.48. The molecule has 1 amide bonds. The maximum atomic E-state index is 13.7. The third-order valence-electron chi connectivity index (χ3n) is 6.20. The maximum absolute atomic E-state index is 13.7. The zero-order chi connectivity index (χ0) is 24.9. The van der Waals surface area contributed by atoms with Gasteiger partial charge in [0.1, 0.15) is 11.5 Å². The lowest BCUT2D eigenvalue weighted by molar-refractivity contribution is -0.129. The van der Waals surface area contributed by atoms with Crippen LogP contribution in [0.4, 0.5) is 14.6 Å². The predicted molar refractivity (Wildman–Crippen MR) is 129 cm³/mol. The highest BCUT2D eigenvalue weighted by atomic mass is 35.5. The summed E-state index contributed by atoms with van der Waals surface area (Å²) in [4.78, 5) is 21.8. The van der Waals surface area contributed by atoms with Crippen LogP contribution >= 0.6 is 11.6 Å². The van der Waals surface area contributed by atoms with Crippen molar-refractivity contribution in [3.05, 3.63) is 59.7 Å². The van der Waals surface area contributed by atoms with Gasteiger partial charge in [0.05, 0.1) is 45.4 Å². The number of pyridine rings is 1. The number of rotatable bonds is 3. The van der Waals surface area contributed by atoms with Gasteiger partial charge in [-0.1, -0.05) is 24.1 Å². The summed E-state index contributed by atoms with van der Waals surface area (Å²) in [5.74, 6) is 5.71. The Balaban J connectivity index is 1.58. The van der Waals surface area contributed by atoms with Crippen LogP contribution in [0.1, 0.15) is 23.7 Å². The van der Waals surface area contributed by atoms with Crippen molar-refractivity contribution in [1.82, 2.24) is 29.2 Å². The molecule has 3 aromatic heterocycles. The van der Waals surface area contributed by atoms with E-state index in [4.69, 9.17) is 17.3 Å². The Labute approximate surface area is 204 Å². The zero-order valence-electron chi connectivity index (χ0n) is 18.6. The Morgan fingerprint density at radius 3 is 2.86 bits per heavy atom. The molecule has 4 heterocycles. The number of anilines is 1. The van der Waals surface area contributed by atoms with E-state index in [9.17, 15) is 13.6 Å². The van der Waals surface area contributed by atoms with Gasteiger partial charge in [0.2, 0.25) is 5.91 Å². The number of likely N-dealkylation sites (tertiary alicyclic amines) is 1. The highest BCUT2D eigenvalue weighted by Crippen LogP contribution is 2.34. The maximum Gasteiger partial charge on any atom is 0.258 e. The second-order valence-corrected chi connectivity index (χ2v) is 8.70. The summed E-state index contributed by atoms with van der Waals surface area (Å²) in [6.07, 6.45) is 1.59. The summed E-state index contributed by atoms with van der Waals surface area (Å²) in [6.45, 7) is 3.49. The molecule has 0 aliphatic carbocycles. The molecular formula is C24H20ClF2N7O. The van der Waals surface area contributed by atoms with Gasteiger partial charge in [0.15, 0.2) is 0 Å². The van der Waals surface area contributed by atoms with Crippen LogP contribution < -0.4 is 5.73 Å². The van der Waals surface area contributed by atoms with Gasteiger partial charge in [-0.3, -0.25) is 9.48 Å². The largest absolute Gasteiger partial charge is 0.383 e. The van der Waals surface area contributed by atoms with Crippen molar-refractivity contribution in [2.75, 3.05) is 12.3 Å². The van der Waals surface area contributed by atoms with Gasteiger partial charge < -0.3 is 15.2 Å². The van der Waals surface area contributed by atoms with Crippen LogP contribution in [0.5, 0.6) is 0 Å². The molecule has 0 bridgehead atoms. The number of hydrogen-bond acceptors (Lipinski definition) is 5. The number of aryl methyl sites for hydroxylation is 1. The number of alkyl halides is 2. The van der Waals surface area contributed by atoms with Gasteiger partial charge in [-0.05, 0) is 36.6 Å². The smallest absolute Gasteiger partial charge is 0.258 e. The number of nitrogens with zero attached hydrogens (tertiary/aromatic N) is 6. The van der Waals surface area contributed by atoms with E-state index < -0.39 is 24.4 Å². The average molecular weight is 496 g/mol. The molecule has 1 fully saturated rings. The van der Waals surface area contributed by atoms with Gasteiger partial charge in [0.25, 0.3) is 6.43 Å².